The van der Waals surface area contributed by atoms with E-state index in [-0.39, 0.29) is 0 Å². The van der Waals surface area contributed by atoms with E-state index in [1.807, 2.05) is 7.05 Å². The molecule has 0 atom stereocenters. The van der Waals surface area contributed by atoms with Gasteiger partial charge >= 0.3 is 0 Å². The van der Waals surface area contributed by atoms with E-state index >= 15 is 0 Å². The van der Waals surface area contributed by atoms with Gasteiger partial charge in [0.1, 0.15) is 12.4 Å². The van der Waals surface area contributed by atoms with Gasteiger partial charge in [0.15, 0.2) is 0 Å². The van der Waals surface area contributed by atoms with Crippen LogP contribution in [0.5, 0.6) is 5.75 Å². The zero-order chi connectivity index (χ0) is 13.7. The van der Waals surface area contributed by atoms with Crippen LogP contribution in [0.4, 0.5) is 0 Å². The van der Waals surface area contributed by atoms with Gasteiger partial charge in [0.05, 0.1) is 5.02 Å². The molecular weight excluding hydrogens is 281 g/mol. The smallest absolute Gasteiger partial charge is 0.138 e. The first-order chi connectivity index (χ1) is 9.19. The lowest BCUT2D eigenvalue weighted by Crippen LogP contribution is -2.05. The maximum Gasteiger partial charge on any atom is 0.138 e. The maximum absolute atomic E-state index is 6.04. The molecule has 0 aliphatic heterocycles. The molecule has 2 nitrogen and oxygen atoms in total. The summed E-state index contributed by atoms with van der Waals surface area (Å²) in [7, 11) is 1.93. The first-order valence-corrected chi connectivity index (χ1v) is 6.75. The van der Waals surface area contributed by atoms with Crippen LogP contribution in [0, 0.1) is 0 Å². The van der Waals surface area contributed by atoms with Gasteiger partial charge < -0.3 is 10.1 Å². The molecule has 0 unspecified atom stereocenters. The number of benzene rings is 2. The summed E-state index contributed by atoms with van der Waals surface area (Å²) in [6.07, 6.45) is 0. The van der Waals surface area contributed by atoms with Gasteiger partial charge in [-0.2, -0.15) is 0 Å². The number of hydrogen-bond acceptors (Lipinski definition) is 2. The Bertz CT molecular complexity index is 540. The van der Waals surface area contributed by atoms with Crippen LogP contribution in [0.3, 0.4) is 0 Å². The van der Waals surface area contributed by atoms with Gasteiger partial charge in [0, 0.05) is 11.6 Å². The highest BCUT2D eigenvalue weighted by Gasteiger charge is 2.03. The predicted molar refractivity (Wildman–Crippen MR) is 80.0 cm³/mol. The van der Waals surface area contributed by atoms with Gasteiger partial charge in [-0.25, -0.2) is 0 Å². The molecule has 0 heterocycles. The molecule has 0 saturated heterocycles. The predicted octanol–water partition coefficient (Wildman–Crippen LogP) is 4.29. The van der Waals surface area contributed by atoms with Crippen LogP contribution in [0.2, 0.25) is 10.0 Å². The van der Waals surface area contributed by atoms with Crippen molar-refractivity contribution in [3.05, 3.63) is 63.6 Å². The lowest BCUT2D eigenvalue weighted by atomic mass is 10.1. The minimum Gasteiger partial charge on any atom is -0.487 e. The van der Waals surface area contributed by atoms with Crippen molar-refractivity contribution in [3.63, 3.8) is 0 Å². The standard InChI is InChI=1S/C15H15Cl2NO/c1-18-9-11-2-4-12(5-3-11)10-19-15-7-6-13(16)8-14(15)17/h2-8,18H,9-10H2,1H3. The van der Waals surface area contributed by atoms with Gasteiger partial charge in [0.25, 0.3) is 0 Å². The average Bonchev–Trinajstić information content (AvgIpc) is 2.40. The molecule has 2 aromatic rings. The Morgan fingerprint density at radius 3 is 2.32 bits per heavy atom. The summed E-state index contributed by atoms with van der Waals surface area (Å²) in [5.74, 6) is 0.644. The molecule has 0 saturated carbocycles. The molecule has 0 aliphatic carbocycles. The second-order valence-electron chi connectivity index (χ2n) is 4.21. The molecule has 4 heteroatoms. The number of halogens is 2. The lowest BCUT2D eigenvalue weighted by Gasteiger charge is -2.09. The normalized spacial score (nSPS) is 10.5. The van der Waals surface area contributed by atoms with Gasteiger partial charge in [-0.15, -0.1) is 0 Å². The van der Waals surface area contributed by atoms with Gasteiger partial charge in [0.2, 0.25) is 0 Å². The van der Waals surface area contributed by atoms with Crippen LogP contribution in [0.25, 0.3) is 0 Å². The Balaban J connectivity index is 1.98. The fraction of sp³-hybridized carbons (Fsp3) is 0.200. The van der Waals surface area contributed by atoms with E-state index < -0.39 is 0 Å². The highest BCUT2D eigenvalue weighted by atomic mass is 35.5. The highest BCUT2D eigenvalue weighted by molar-refractivity contribution is 6.35. The number of ether oxygens (including phenoxy) is 1. The number of rotatable bonds is 5. The van der Waals surface area contributed by atoms with Gasteiger partial charge in [-0.3, -0.25) is 0 Å². The summed E-state index contributed by atoms with van der Waals surface area (Å²) in [6.45, 7) is 1.35. The van der Waals surface area contributed by atoms with Crippen LogP contribution < -0.4 is 10.1 Å². The molecular formula is C15H15Cl2NO. The molecule has 2 aromatic carbocycles. The minimum atomic E-state index is 0.487. The quantitative estimate of drug-likeness (QED) is 0.888. The summed E-state index contributed by atoms with van der Waals surface area (Å²) < 4.78 is 5.67. The molecule has 1 N–H and O–H groups in total. The van der Waals surface area contributed by atoms with Crippen molar-refractivity contribution in [1.82, 2.24) is 5.32 Å². The summed E-state index contributed by atoms with van der Waals surface area (Å²) >= 11 is 11.9. The van der Waals surface area contributed by atoms with E-state index in [1.165, 1.54) is 5.56 Å². The zero-order valence-electron chi connectivity index (χ0n) is 10.6. The molecule has 0 aromatic heterocycles. The largest absolute Gasteiger partial charge is 0.487 e. The lowest BCUT2D eigenvalue weighted by molar-refractivity contribution is 0.306. The molecule has 19 heavy (non-hydrogen) atoms. The SMILES string of the molecule is CNCc1ccc(COc2ccc(Cl)cc2Cl)cc1. The van der Waals surface area contributed by atoms with Crippen molar-refractivity contribution in [1.29, 1.82) is 0 Å². The van der Waals surface area contributed by atoms with Crippen molar-refractivity contribution in [3.8, 4) is 5.75 Å². The maximum atomic E-state index is 6.04. The second-order valence-corrected chi connectivity index (χ2v) is 5.05. The van der Waals surface area contributed by atoms with Gasteiger partial charge in [-0.1, -0.05) is 47.5 Å². The summed E-state index contributed by atoms with van der Waals surface area (Å²) in [4.78, 5) is 0. The van der Waals surface area contributed by atoms with Crippen LogP contribution in [-0.2, 0) is 13.2 Å². The first-order valence-electron chi connectivity index (χ1n) is 5.99. The third kappa shape index (κ3) is 4.13. The Kier molecular flexibility index (Phi) is 5.08. The van der Waals surface area contributed by atoms with Crippen LogP contribution >= 0.6 is 23.2 Å². The molecule has 0 fully saturated rings. The third-order valence-electron chi connectivity index (χ3n) is 2.69. The molecule has 0 bridgehead atoms. The van der Waals surface area contributed by atoms with Gasteiger partial charge in [-0.05, 0) is 36.4 Å². The first kappa shape index (κ1) is 14.2. The van der Waals surface area contributed by atoms with Crippen molar-refractivity contribution in [2.75, 3.05) is 7.05 Å². The van der Waals surface area contributed by atoms with Crippen molar-refractivity contribution in [2.45, 2.75) is 13.2 Å². The monoisotopic (exact) mass is 295 g/mol. The van der Waals surface area contributed by atoms with Crippen molar-refractivity contribution < 1.29 is 4.74 Å². The highest BCUT2D eigenvalue weighted by Crippen LogP contribution is 2.28. The topological polar surface area (TPSA) is 21.3 Å². The number of nitrogens with one attached hydrogen (secondary N) is 1. The Hall–Kier alpha value is -1.22. The molecule has 0 spiro atoms. The summed E-state index contributed by atoms with van der Waals surface area (Å²) in [6, 6.07) is 13.5. The Morgan fingerprint density at radius 2 is 1.68 bits per heavy atom. The van der Waals surface area contributed by atoms with E-state index in [4.69, 9.17) is 27.9 Å². The molecule has 2 rings (SSSR count). The van der Waals surface area contributed by atoms with E-state index in [1.54, 1.807) is 18.2 Å². The fourth-order valence-corrected chi connectivity index (χ4v) is 2.17. The van der Waals surface area contributed by atoms with E-state index in [2.05, 4.69) is 29.6 Å². The third-order valence-corrected chi connectivity index (χ3v) is 3.22. The summed E-state index contributed by atoms with van der Waals surface area (Å²) in [5, 5.41) is 4.25. The molecule has 0 aliphatic rings. The van der Waals surface area contributed by atoms with Crippen LogP contribution in [0.15, 0.2) is 42.5 Å². The van der Waals surface area contributed by atoms with E-state index in [9.17, 15) is 0 Å². The second kappa shape index (κ2) is 6.80. The van der Waals surface area contributed by atoms with Crippen LogP contribution in [0.1, 0.15) is 11.1 Å². The Labute approximate surface area is 123 Å². The van der Waals surface area contributed by atoms with Crippen molar-refractivity contribution >= 4 is 23.2 Å². The number of hydrogen-bond donors (Lipinski definition) is 1. The van der Waals surface area contributed by atoms with Crippen molar-refractivity contribution in [2.24, 2.45) is 0 Å². The molecule has 100 valence electrons. The zero-order valence-corrected chi connectivity index (χ0v) is 12.1. The van der Waals surface area contributed by atoms with E-state index in [0.717, 1.165) is 12.1 Å². The average molecular weight is 296 g/mol. The minimum absolute atomic E-state index is 0.487. The van der Waals surface area contributed by atoms with Crippen LogP contribution in [-0.4, -0.2) is 7.05 Å². The van der Waals surface area contributed by atoms with E-state index in [0.29, 0.717) is 22.4 Å². The summed E-state index contributed by atoms with van der Waals surface area (Å²) in [5.41, 5.74) is 2.35. The molecule has 0 amide bonds. The Morgan fingerprint density at radius 1 is 1.00 bits per heavy atom. The fourth-order valence-electron chi connectivity index (χ4n) is 1.71. The molecule has 0 radical (unpaired) electrons.